The SMILES string of the molecule is Cc1[nH]ncc1S(=O)(=O)N1CCS(=O)(=O)CC1CC(=O)O. The number of aromatic amines is 1. The zero-order valence-electron chi connectivity index (χ0n) is 11.2. The van der Waals surface area contributed by atoms with Crippen LogP contribution in [0.4, 0.5) is 0 Å². The standard InChI is InChI=1S/C10H15N3O6S2/c1-7-9(5-11-12-7)21(18,19)13-2-3-20(16,17)6-8(13)4-10(14)15/h5,8H,2-4,6H2,1H3,(H,11,12)(H,14,15). The van der Waals surface area contributed by atoms with Gasteiger partial charge in [0.05, 0.1) is 29.8 Å². The largest absolute Gasteiger partial charge is 0.481 e. The van der Waals surface area contributed by atoms with Gasteiger partial charge in [0, 0.05) is 12.6 Å². The molecule has 0 aliphatic carbocycles. The average Bonchev–Trinajstić information content (AvgIpc) is 2.73. The van der Waals surface area contributed by atoms with E-state index in [1.54, 1.807) is 0 Å². The van der Waals surface area contributed by atoms with Crippen LogP contribution >= 0.6 is 0 Å². The minimum Gasteiger partial charge on any atom is -0.481 e. The molecule has 1 atom stereocenters. The Balaban J connectivity index is 2.40. The van der Waals surface area contributed by atoms with Gasteiger partial charge in [0.2, 0.25) is 10.0 Å². The Labute approximate surface area is 121 Å². The van der Waals surface area contributed by atoms with E-state index in [9.17, 15) is 21.6 Å². The summed E-state index contributed by atoms with van der Waals surface area (Å²) in [5.74, 6) is -2.06. The van der Waals surface area contributed by atoms with Crippen molar-refractivity contribution in [2.75, 3.05) is 18.1 Å². The lowest BCUT2D eigenvalue weighted by Crippen LogP contribution is -2.51. The van der Waals surface area contributed by atoms with Gasteiger partial charge in [-0.25, -0.2) is 16.8 Å². The van der Waals surface area contributed by atoms with Gasteiger partial charge in [0.25, 0.3) is 0 Å². The van der Waals surface area contributed by atoms with E-state index in [-0.39, 0.29) is 17.2 Å². The fourth-order valence-electron chi connectivity index (χ4n) is 2.28. The van der Waals surface area contributed by atoms with E-state index in [0.29, 0.717) is 5.69 Å². The topological polar surface area (TPSA) is 137 Å². The van der Waals surface area contributed by atoms with E-state index in [4.69, 9.17) is 5.11 Å². The Bertz CT molecular complexity index is 752. The molecule has 1 aromatic heterocycles. The first-order valence-corrected chi connectivity index (χ1v) is 9.33. The molecule has 0 amide bonds. The molecule has 1 aromatic rings. The summed E-state index contributed by atoms with van der Waals surface area (Å²) in [5.41, 5.74) is 0.317. The number of carbonyl (C=O) groups is 1. The molecular weight excluding hydrogens is 322 g/mol. The van der Waals surface area contributed by atoms with Gasteiger partial charge in [0.1, 0.15) is 4.90 Å². The molecule has 1 saturated heterocycles. The molecule has 21 heavy (non-hydrogen) atoms. The molecule has 1 aliphatic heterocycles. The minimum absolute atomic E-state index is 0.0720. The van der Waals surface area contributed by atoms with Crippen LogP contribution in [0.1, 0.15) is 12.1 Å². The van der Waals surface area contributed by atoms with E-state index >= 15 is 0 Å². The number of aryl methyl sites for hydroxylation is 1. The average molecular weight is 337 g/mol. The molecule has 2 N–H and O–H groups in total. The number of sulfonamides is 1. The first-order chi connectivity index (χ1) is 9.63. The fraction of sp³-hybridized carbons (Fsp3) is 0.600. The number of carboxylic acid groups (broad SMARTS) is 1. The van der Waals surface area contributed by atoms with Crippen LogP contribution in [0.2, 0.25) is 0 Å². The first-order valence-electron chi connectivity index (χ1n) is 6.07. The lowest BCUT2D eigenvalue weighted by molar-refractivity contribution is -0.137. The van der Waals surface area contributed by atoms with Gasteiger partial charge in [-0.2, -0.15) is 9.40 Å². The molecule has 9 nitrogen and oxygen atoms in total. The maximum atomic E-state index is 12.6. The van der Waals surface area contributed by atoms with Gasteiger partial charge in [0.15, 0.2) is 9.84 Å². The second-order valence-electron chi connectivity index (χ2n) is 4.84. The van der Waals surface area contributed by atoms with Gasteiger partial charge < -0.3 is 5.11 Å². The summed E-state index contributed by atoms with van der Waals surface area (Å²) in [5, 5.41) is 15.0. The summed E-state index contributed by atoms with van der Waals surface area (Å²) >= 11 is 0. The monoisotopic (exact) mass is 337 g/mol. The highest BCUT2D eigenvalue weighted by atomic mass is 32.2. The first kappa shape index (κ1) is 15.9. The van der Waals surface area contributed by atoms with E-state index in [1.165, 1.54) is 6.92 Å². The van der Waals surface area contributed by atoms with Crippen molar-refractivity contribution < 1.29 is 26.7 Å². The summed E-state index contributed by atoms with van der Waals surface area (Å²) in [6.07, 6.45) is 0.570. The maximum absolute atomic E-state index is 12.6. The minimum atomic E-state index is -3.98. The zero-order valence-corrected chi connectivity index (χ0v) is 12.8. The lowest BCUT2D eigenvalue weighted by atomic mass is 10.2. The Morgan fingerprint density at radius 1 is 1.57 bits per heavy atom. The van der Waals surface area contributed by atoms with Gasteiger partial charge in [-0.3, -0.25) is 9.89 Å². The molecule has 118 valence electrons. The molecule has 2 heterocycles. The van der Waals surface area contributed by atoms with Crippen LogP contribution in [-0.4, -0.2) is 66.5 Å². The van der Waals surface area contributed by atoms with Crippen LogP contribution in [0.25, 0.3) is 0 Å². The Morgan fingerprint density at radius 3 is 2.76 bits per heavy atom. The highest BCUT2D eigenvalue weighted by molar-refractivity contribution is 7.92. The number of aliphatic carboxylic acids is 1. The van der Waals surface area contributed by atoms with Crippen molar-refractivity contribution in [3.05, 3.63) is 11.9 Å². The molecule has 0 spiro atoms. The Morgan fingerprint density at radius 2 is 2.24 bits per heavy atom. The summed E-state index contributed by atoms with van der Waals surface area (Å²) in [6.45, 7) is 1.26. The molecule has 11 heteroatoms. The number of sulfone groups is 1. The molecule has 2 rings (SSSR count). The molecule has 1 fully saturated rings. The van der Waals surface area contributed by atoms with Gasteiger partial charge in [-0.15, -0.1) is 0 Å². The quantitative estimate of drug-likeness (QED) is 0.717. The molecule has 0 aromatic carbocycles. The zero-order chi connectivity index (χ0) is 15.8. The molecule has 0 saturated carbocycles. The number of carboxylic acids is 1. The maximum Gasteiger partial charge on any atom is 0.305 e. The van der Waals surface area contributed by atoms with Crippen LogP contribution in [0.3, 0.4) is 0 Å². The van der Waals surface area contributed by atoms with E-state index in [2.05, 4.69) is 10.2 Å². The van der Waals surface area contributed by atoms with Crippen molar-refractivity contribution in [3.63, 3.8) is 0 Å². The third kappa shape index (κ3) is 3.24. The van der Waals surface area contributed by atoms with E-state index in [1.807, 2.05) is 0 Å². The summed E-state index contributed by atoms with van der Waals surface area (Å²) in [7, 11) is -7.43. The number of hydrogen-bond donors (Lipinski definition) is 2. The van der Waals surface area contributed by atoms with Gasteiger partial charge in [-0.05, 0) is 6.92 Å². The molecule has 1 unspecified atom stereocenters. The Kier molecular flexibility index (Phi) is 4.08. The van der Waals surface area contributed by atoms with Crippen molar-refractivity contribution in [1.29, 1.82) is 0 Å². The van der Waals surface area contributed by atoms with Crippen molar-refractivity contribution in [1.82, 2.24) is 14.5 Å². The number of rotatable bonds is 4. The fourth-order valence-corrected chi connectivity index (χ4v) is 5.76. The predicted molar refractivity (Wildman–Crippen MR) is 71.9 cm³/mol. The number of aromatic nitrogens is 2. The van der Waals surface area contributed by atoms with Crippen molar-refractivity contribution in [3.8, 4) is 0 Å². The summed E-state index contributed by atoms with van der Waals surface area (Å²) in [6, 6.07) is -1.11. The molecular formula is C10H15N3O6S2. The van der Waals surface area contributed by atoms with E-state index in [0.717, 1.165) is 10.5 Å². The van der Waals surface area contributed by atoms with Crippen LogP contribution in [0.5, 0.6) is 0 Å². The van der Waals surface area contributed by atoms with Crippen molar-refractivity contribution in [2.24, 2.45) is 0 Å². The highest BCUT2D eigenvalue weighted by Crippen LogP contribution is 2.25. The predicted octanol–water partition coefficient (Wildman–Crippen LogP) is -1.02. The third-order valence-electron chi connectivity index (χ3n) is 3.26. The second kappa shape index (κ2) is 5.39. The summed E-state index contributed by atoms with van der Waals surface area (Å²) in [4.78, 5) is 10.8. The van der Waals surface area contributed by atoms with Crippen LogP contribution in [-0.2, 0) is 24.7 Å². The second-order valence-corrected chi connectivity index (χ2v) is 8.93. The van der Waals surface area contributed by atoms with Gasteiger partial charge >= 0.3 is 5.97 Å². The van der Waals surface area contributed by atoms with Crippen LogP contribution in [0.15, 0.2) is 11.1 Å². The normalized spacial score (nSPS) is 23.0. The number of nitrogens with zero attached hydrogens (tertiary/aromatic N) is 2. The summed E-state index contributed by atoms with van der Waals surface area (Å²) < 4.78 is 49.3. The Hall–Kier alpha value is -1.46. The van der Waals surface area contributed by atoms with Crippen LogP contribution < -0.4 is 0 Å². The molecule has 1 aliphatic rings. The number of H-pyrrole nitrogens is 1. The molecule has 0 radical (unpaired) electrons. The number of nitrogens with one attached hydrogen (secondary N) is 1. The van der Waals surface area contributed by atoms with Crippen molar-refractivity contribution >= 4 is 25.8 Å². The van der Waals surface area contributed by atoms with Crippen molar-refractivity contribution in [2.45, 2.75) is 24.3 Å². The van der Waals surface area contributed by atoms with Gasteiger partial charge in [-0.1, -0.05) is 0 Å². The molecule has 0 bridgehead atoms. The van der Waals surface area contributed by atoms with E-state index < -0.39 is 44.0 Å². The lowest BCUT2D eigenvalue weighted by Gasteiger charge is -2.33. The number of hydrogen-bond acceptors (Lipinski definition) is 6. The smallest absolute Gasteiger partial charge is 0.305 e. The highest BCUT2D eigenvalue weighted by Gasteiger charge is 2.40. The third-order valence-corrected chi connectivity index (χ3v) is 7.02. The van der Waals surface area contributed by atoms with Crippen LogP contribution in [0, 0.1) is 6.92 Å².